The third kappa shape index (κ3) is 3.75. The van der Waals surface area contributed by atoms with Gasteiger partial charge in [0.25, 0.3) is 0 Å². The zero-order valence-electron chi connectivity index (χ0n) is 13.2. The molecule has 0 aliphatic heterocycles. The number of carbonyl (C=O) groups excluding carboxylic acids is 1. The highest BCUT2D eigenvalue weighted by Crippen LogP contribution is 2.31. The van der Waals surface area contributed by atoms with Gasteiger partial charge in [-0.15, -0.1) is 0 Å². The number of nitrogens with one attached hydrogen (secondary N) is 2. The molecule has 3 aromatic rings. The fourth-order valence-corrected chi connectivity index (χ4v) is 2.38. The van der Waals surface area contributed by atoms with Gasteiger partial charge in [-0.05, 0) is 37.3 Å². The van der Waals surface area contributed by atoms with Crippen molar-refractivity contribution in [3.05, 3.63) is 53.3 Å². The Balaban J connectivity index is 1.74. The molecule has 2 N–H and O–H groups in total. The summed E-state index contributed by atoms with van der Waals surface area (Å²) in [4.78, 5) is 16.2. The van der Waals surface area contributed by atoms with Gasteiger partial charge in [0.2, 0.25) is 0 Å². The first-order valence-electron chi connectivity index (χ1n) is 7.27. The van der Waals surface area contributed by atoms with Gasteiger partial charge in [-0.1, -0.05) is 11.6 Å². The number of urea groups is 1. The summed E-state index contributed by atoms with van der Waals surface area (Å²) in [5, 5.41) is 10.1. The average Bonchev–Trinajstić information content (AvgIpc) is 3.14. The molecule has 0 aliphatic carbocycles. The molecule has 8 heteroatoms. The highest BCUT2D eigenvalue weighted by Gasteiger charge is 2.12. The molecule has 0 radical (unpaired) electrons. The molecular formula is C16H16ClN5O2. The van der Waals surface area contributed by atoms with Gasteiger partial charge in [-0.3, -0.25) is 4.68 Å². The van der Waals surface area contributed by atoms with Crippen molar-refractivity contribution in [2.75, 3.05) is 5.32 Å². The van der Waals surface area contributed by atoms with Crippen molar-refractivity contribution in [2.45, 2.75) is 13.5 Å². The maximum Gasteiger partial charge on any atom is 0.319 e. The van der Waals surface area contributed by atoms with Crippen molar-refractivity contribution in [1.29, 1.82) is 0 Å². The number of carbonyl (C=O) groups is 1. The fraction of sp³-hybridized carbons (Fsp3) is 0.188. The van der Waals surface area contributed by atoms with Crippen molar-refractivity contribution in [3.8, 4) is 11.3 Å². The lowest BCUT2D eigenvalue weighted by atomic mass is 10.1. The summed E-state index contributed by atoms with van der Waals surface area (Å²) < 4.78 is 7.20. The smallest absolute Gasteiger partial charge is 0.319 e. The van der Waals surface area contributed by atoms with Gasteiger partial charge in [0.1, 0.15) is 17.8 Å². The van der Waals surface area contributed by atoms with Crippen LogP contribution in [0.4, 0.5) is 10.5 Å². The van der Waals surface area contributed by atoms with E-state index in [9.17, 15) is 4.79 Å². The van der Waals surface area contributed by atoms with Gasteiger partial charge in [0, 0.05) is 17.6 Å². The average molecular weight is 346 g/mol. The standard InChI is InChI=1S/C16H16ClN5O2/c1-10-3-6-14(24-10)12-5-4-11(17)7-13(12)20-16(23)18-8-15-19-9-22(2)21-15/h3-7,9H,8H2,1-2H3,(H2,18,20,23). The SMILES string of the molecule is Cc1ccc(-c2ccc(Cl)cc2NC(=O)NCc2ncn(C)n2)o1. The summed E-state index contributed by atoms with van der Waals surface area (Å²) >= 11 is 6.04. The van der Waals surface area contributed by atoms with Crippen LogP contribution >= 0.6 is 11.6 Å². The van der Waals surface area contributed by atoms with E-state index in [-0.39, 0.29) is 12.6 Å². The minimum atomic E-state index is -0.380. The first kappa shape index (κ1) is 16.1. The summed E-state index contributed by atoms with van der Waals surface area (Å²) in [5.41, 5.74) is 1.31. The number of rotatable bonds is 4. The zero-order chi connectivity index (χ0) is 17.1. The van der Waals surface area contributed by atoms with Crippen LogP contribution < -0.4 is 10.6 Å². The molecule has 0 atom stereocenters. The van der Waals surface area contributed by atoms with Crippen LogP contribution in [-0.2, 0) is 13.6 Å². The number of amides is 2. The van der Waals surface area contributed by atoms with Crippen LogP contribution in [0.25, 0.3) is 11.3 Å². The molecule has 124 valence electrons. The van der Waals surface area contributed by atoms with Crippen LogP contribution in [0.2, 0.25) is 5.02 Å². The summed E-state index contributed by atoms with van der Waals surface area (Å²) in [5.74, 6) is 1.98. The van der Waals surface area contributed by atoms with Crippen molar-refractivity contribution >= 4 is 23.3 Å². The van der Waals surface area contributed by atoms with E-state index in [0.717, 1.165) is 11.3 Å². The highest BCUT2D eigenvalue weighted by atomic mass is 35.5. The molecule has 0 unspecified atom stereocenters. The Labute approximate surface area is 143 Å². The second-order valence-electron chi connectivity index (χ2n) is 5.24. The lowest BCUT2D eigenvalue weighted by Gasteiger charge is -2.10. The number of furan rings is 1. The Bertz CT molecular complexity index is 871. The van der Waals surface area contributed by atoms with Crippen molar-refractivity contribution in [1.82, 2.24) is 20.1 Å². The number of hydrogen-bond donors (Lipinski definition) is 2. The molecule has 2 aromatic heterocycles. The molecule has 0 saturated carbocycles. The third-order valence-electron chi connectivity index (χ3n) is 3.29. The summed E-state index contributed by atoms with van der Waals surface area (Å²) in [6, 6.07) is 8.55. The number of aryl methyl sites for hydroxylation is 2. The molecule has 0 spiro atoms. The number of halogens is 1. The van der Waals surface area contributed by atoms with E-state index in [0.29, 0.717) is 22.3 Å². The van der Waals surface area contributed by atoms with Crippen molar-refractivity contribution in [2.24, 2.45) is 7.05 Å². The van der Waals surface area contributed by atoms with E-state index >= 15 is 0 Å². The van der Waals surface area contributed by atoms with Crippen molar-refractivity contribution < 1.29 is 9.21 Å². The second-order valence-corrected chi connectivity index (χ2v) is 5.68. The monoisotopic (exact) mass is 345 g/mol. The molecule has 0 aliphatic rings. The van der Waals surface area contributed by atoms with Crippen LogP contribution in [0.3, 0.4) is 0 Å². The van der Waals surface area contributed by atoms with Gasteiger partial charge >= 0.3 is 6.03 Å². The number of benzene rings is 1. The first-order chi connectivity index (χ1) is 11.5. The Kier molecular flexibility index (Phi) is 4.52. The molecule has 0 fully saturated rings. The summed E-state index contributed by atoms with van der Waals surface area (Å²) in [6.45, 7) is 2.08. The van der Waals surface area contributed by atoms with E-state index in [1.807, 2.05) is 19.1 Å². The van der Waals surface area contributed by atoms with E-state index in [4.69, 9.17) is 16.0 Å². The predicted molar refractivity (Wildman–Crippen MR) is 90.8 cm³/mol. The van der Waals surface area contributed by atoms with Crippen LogP contribution in [-0.4, -0.2) is 20.8 Å². The zero-order valence-corrected chi connectivity index (χ0v) is 14.0. The van der Waals surface area contributed by atoms with Gasteiger partial charge in [-0.25, -0.2) is 9.78 Å². The van der Waals surface area contributed by atoms with E-state index in [1.54, 1.807) is 36.3 Å². The van der Waals surface area contributed by atoms with Gasteiger partial charge in [0.15, 0.2) is 5.82 Å². The van der Waals surface area contributed by atoms with Crippen LogP contribution in [0.15, 0.2) is 41.1 Å². The minimum absolute atomic E-state index is 0.225. The molecular weight excluding hydrogens is 330 g/mol. The Morgan fingerprint density at radius 1 is 1.33 bits per heavy atom. The molecule has 7 nitrogen and oxygen atoms in total. The van der Waals surface area contributed by atoms with Gasteiger partial charge < -0.3 is 15.1 Å². The minimum Gasteiger partial charge on any atom is -0.461 e. The summed E-state index contributed by atoms with van der Waals surface area (Å²) in [7, 11) is 1.76. The topological polar surface area (TPSA) is 85.0 Å². The maximum absolute atomic E-state index is 12.1. The normalized spacial score (nSPS) is 10.6. The Morgan fingerprint density at radius 3 is 2.83 bits per heavy atom. The Morgan fingerprint density at radius 2 is 2.17 bits per heavy atom. The quantitative estimate of drug-likeness (QED) is 0.759. The molecule has 2 amide bonds. The molecule has 0 bridgehead atoms. The predicted octanol–water partition coefficient (Wildman–Crippen LogP) is 3.36. The number of anilines is 1. The molecule has 2 heterocycles. The van der Waals surface area contributed by atoms with Crippen LogP contribution in [0.1, 0.15) is 11.6 Å². The largest absolute Gasteiger partial charge is 0.461 e. The summed E-state index contributed by atoms with van der Waals surface area (Å²) in [6.07, 6.45) is 1.57. The van der Waals surface area contributed by atoms with Gasteiger partial charge in [-0.2, -0.15) is 5.10 Å². The lowest BCUT2D eigenvalue weighted by molar-refractivity contribution is 0.251. The van der Waals surface area contributed by atoms with E-state index in [2.05, 4.69) is 20.7 Å². The second kappa shape index (κ2) is 6.76. The molecule has 24 heavy (non-hydrogen) atoms. The van der Waals surface area contributed by atoms with Crippen LogP contribution in [0, 0.1) is 6.92 Å². The molecule has 1 aromatic carbocycles. The Hall–Kier alpha value is -2.80. The fourth-order valence-electron chi connectivity index (χ4n) is 2.20. The van der Waals surface area contributed by atoms with E-state index in [1.165, 1.54) is 0 Å². The molecule has 3 rings (SSSR count). The number of hydrogen-bond acceptors (Lipinski definition) is 4. The lowest BCUT2D eigenvalue weighted by Crippen LogP contribution is -2.28. The van der Waals surface area contributed by atoms with Crippen LogP contribution in [0.5, 0.6) is 0 Å². The first-order valence-corrected chi connectivity index (χ1v) is 7.65. The third-order valence-corrected chi connectivity index (χ3v) is 3.52. The molecule has 0 saturated heterocycles. The van der Waals surface area contributed by atoms with Crippen molar-refractivity contribution in [3.63, 3.8) is 0 Å². The number of nitrogens with zero attached hydrogens (tertiary/aromatic N) is 3. The highest BCUT2D eigenvalue weighted by molar-refractivity contribution is 6.31. The van der Waals surface area contributed by atoms with E-state index < -0.39 is 0 Å². The number of aromatic nitrogens is 3. The maximum atomic E-state index is 12.1. The van der Waals surface area contributed by atoms with Gasteiger partial charge in [0.05, 0.1) is 12.2 Å².